The van der Waals surface area contributed by atoms with Gasteiger partial charge >= 0.3 is 5.97 Å². The Labute approximate surface area is 116 Å². The molecule has 0 aromatic heterocycles. The van der Waals surface area contributed by atoms with Gasteiger partial charge in [-0.15, -0.1) is 0 Å². The quantitative estimate of drug-likeness (QED) is 0.686. The minimum absolute atomic E-state index is 0.176. The van der Waals surface area contributed by atoms with Crippen LogP contribution in [0.15, 0.2) is 0 Å². The monoisotopic (exact) mass is 282 g/mol. The van der Waals surface area contributed by atoms with Gasteiger partial charge in [-0.3, -0.25) is 24.5 Å². The van der Waals surface area contributed by atoms with Gasteiger partial charge in [-0.2, -0.15) is 0 Å². The van der Waals surface area contributed by atoms with E-state index in [1.807, 2.05) is 6.92 Å². The molecule has 1 heterocycles. The van der Waals surface area contributed by atoms with Gasteiger partial charge in [-0.25, -0.2) is 0 Å². The Bertz CT molecular complexity index is 446. The van der Waals surface area contributed by atoms with Gasteiger partial charge in [0.1, 0.15) is 13.1 Å². The van der Waals surface area contributed by atoms with Gasteiger partial charge in [-0.1, -0.05) is 13.3 Å². The lowest BCUT2D eigenvalue weighted by Crippen LogP contribution is -2.55. The summed E-state index contributed by atoms with van der Waals surface area (Å²) in [5.41, 5.74) is 0. The van der Waals surface area contributed by atoms with Crippen molar-refractivity contribution in [2.75, 3.05) is 13.1 Å². The van der Waals surface area contributed by atoms with Gasteiger partial charge in [0.05, 0.1) is 11.8 Å². The number of carboxylic acids is 1. The number of hydrogen-bond acceptors (Lipinski definition) is 4. The largest absolute Gasteiger partial charge is 0.481 e. The van der Waals surface area contributed by atoms with Crippen molar-refractivity contribution < 1.29 is 24.3 Å². The Kier molecular flexibility index (Phi) is 4.06. The van der Waals surface area contributed by atoms with E-state index in [0.29, 0.717) is 12.8 Å². The number of imide groups is 1. The maximum absolute atomic E-state index is 12.4. The van der Waals surface area contributed by atoms with Crippen molar-refractivity contribution in [3.63, 3.8) is 0 Å². The predicted molar refractivity (Wildman–Crippen MR) is 67.4 cm³/mol. The Hall–Kier alpha value is -1.92. The molecule has 2 N–H and O–H groups in total. The van der Waals surface area contributed by atoms with Gasteiger partial charge in [0.25, 0.3) is 0 Å². The van der Waals surface area contributed by atoms with Crippen LogP contribution in [0.4, 0.5) is 0 Å². The number of nitrogens with zero attached hydrogens (tertiary/aromatic N) is 1. The SMILES string of the molecule is CCC1CC(C(=O)O)C(C(=O)N2CC(=O)NC(=O)C2)C1. The number of hydrogen-bond donors (Lipinski definition) is 2. The van der Waals surface area contributed by atoms with E-state index in [1.54, 1.807) is 0 Å². The van der Waals surface area contributed by atoms with E-state index in [9.17, 15) is 24.3 Å². The van der Waals surface area contributed by atoms with E-state index >= 15 is 0 Å². The average molecular weight is 282 g/mol. The number of rotatable bonds is 3. The van der Waals surface area contributed by atoms with Crippen molar-refractivity contribution in [2.45, 2.75) is 26.2 Å². The second-order valence-electron chi connectivity index (χ2n) is 5.46. The van der Waals surface area contributed by atoms with Gasteiger partial charge in [0.15, 0.2) is 0 Å². The van der Waals surface area contributed by atoms with Crippen LogP contribution in [0.5, 0.6) is 0 Å². The Morgan fingerprint density at radius 1 is 1.20 bits per heavy atom. The molecule has 0 aromatic rings. The average Bonchev–Trinajstić information content (AvgIpc) is 2.81. The Morgan fingerprint density at radius 3 is 2.25 bits per heavy atom. The summed E-state index contributed by atoms with van der Waals surface area (Å²) in [7, 11) is 0. The first-order chi connectivity index (χ1) is 9.42. The molecule has 7 heteroatoms. The van der Waals surface area contributed by atoms with Gasteiger partial charge in [0, 0.05) is 0 Å². The van der Waals surface area contributed by atoms with Crippen LogP contribution < -0.4 is 5.32 Å². The highest BCUT2D eigenvalue weighted by Gasteiger charge is 2.44. The summed E-state index contributed by atoms with van der Waals surface area (Å²) in [6.45, 7) is 1.61. The number of carbonyl (C=O) groups is 4. The second kappa shape index (κ2) is 5.60. The van der Waals surface area contributed by atoms with Crippen molar-refractivity contribution in [3.8, 4) is 0 Å². The minimum atomic E-state index is -0.980. The molecular formula is C13H18N2O5. The summed E-state index contributed by atoms with van der Waals surface area (Å²) in [5.74, 6) is -3.55. The first-order valence-corrected chi connectivity index (χ1v) is 6.76. The molecule has 1 aliphatic heterocycles. The molecule has 1 saturated carbocycles. The van der Waals surface area contributed by atoms with Crippen molar-refractivity contribution >= 4 is 23.7 Å². The summed E-state index contributed by atoms with van der Waals surface area (Å²) >= 11 is 0. The Balaban J connectivity index is 2.12. The highest BCUT2D eigenvalue weighted by atomic mass is 16.4. The number of amides is 3. The van der Waals surface area contributed by atoms with Crippen LogP contribution in [0.2, 0.25) is 0 Å². The zero-order valence-corrected chi connectivity index (χ0v) is 11.3. The van der Waals surface area contributed by atoms with E-state index < -0.39 is 35.5 Å². The molecule has 0 bridgehead atoms. The van der Waals surface area contributed by atoms with Crippen LogP contribution in [-0.4, -0.2) is 46.8 Å². The second-order valence-corrected chi connectivity index (χ2v) is 5.46. The van der Waals surface area contributed by atoms with Crippen molar-refractivity contribution in [2.24, 2.45) is 17.8 Å². The lowest BCUT2D eigenvalue weighted by molar-refractivity contribution is -0.152. The highest BCUT2D eigenvalue weighted by molar-refractivity contribution is 6.03. The topological polar surface area (TPSA) is 104 Å². The predicted octanol–water partition coefficient (Wildman–Crippen LogP) is -0.392. The molecule has 0 spiro atoms. The molecule has 20 heavy (non-hydrogen) atoms. The molecule has 2 fully saturated rings. The van der Waals surface area contributed by atoms with Crippen LogP contribution in [0.1, 0.15) is 26.2 Å². The summed E-state index contributed by atoms with van der Waals surface area (Å²) in [6.07, 6.45) is 1.82. The third kappa shape index (κ3) is 2.81. The highest BCUT2D eigenvalue weighted by Crippen LogP contribution is 2.39. The lowest BCUT2D eigenvalue weighted by Gasteiger charge is -2.29. The first kappa shape index (κ1) is 14.5. The van der Waals surface area contributed by atoms with E-state index in [1.165, 1.54) is 4.90 Å². The molecule has 3 amide bonds. The lowest BCUT2D eigenvalue weighted by atomic mass is 9.94. The fourth-order valence-electron chi connectivity index (χ4n) is 3.05. The number of carbonyl (C=O) groups excluding carboxylic acids is 3. The maximum atomic E-state index is 12.4. The van der Waals surface area contributed by atoms with Gasteiger partial charge < -0.3 is 10.0 Å². The molecule has 3 unspecified atom stereocenters. The summed E-state index contributed by atoms with van der Waals surface area (Å²) < 4.78 is 0. The van der Waals surface area contributed by atoms with E-state index in [4.69, 9.17) is 0 Å². The van der Waals surface area contributed by atoms with Crippen molar-refractivity contribution in [1.82, 2.24) is 10.2 Å². The summed E-state index contributed by atoms with van der Waals surface area (Å²) in [5, 5.41) is 11.4. The zero-order chi connectivity index (χ0) is 14.9. The molecule has 0 aromatic carbocycles. The normalized spacial score (nSPS) is 30.2. The molecule has 0 radical (unpaired) electrons. The fraction of sp³-hybridized carbons (Fsp3) is 0.692. The van der Waals surface area contributed by atoms with Crippen LogP contribution in [-0.2, 0) is 19.2 Å². The van der Waals surface area contributed by atoms with Crippen LogP contribution in [0, 0.1) is 17.8 Å². The van der Waals surface area contributed by atoms with E-state index in [-0.39, 0.29) is 19.0 Å². The maximum Gasteiger partial charge on any atom is 0.307 e. The molecule has 7 nitrogen and oxygen atoms in total. The number of piperazine rings is 1. The van der Waals surface area contributed by atoms with E-state index in [2.05, 4.69) is 5.32 Å². The molecular weight excluding hydrogens is 264 g/mol. The molecule has 110 valence electrons. The molecule has 1 aliphatic carbocycles. The standard InChI is InChI=1S/C13H18N2O5/c1-2-7-3-8(9(4-7)13(19)20)12(18)15-5-10(16)14-11(17)6-15/h7-9H,2-6H2,1H3,(H,19,20)(H,14,16,17). The van der Waals surface area contributed by atoms with Crippen LogP contribution in [0.3, 0.4) is 0 Å². The Morgan fingerprint density at radius 2 is 1.75 bits per heavy atom. The third-order valence-electron chi connectivity index (χ3n) is 4.13. The minimum Gasteiger partial charge on any atom is -0.481 e. The third-order valence-corrected chi connectivity index (χ3v) is 4.13. The van der Waals surface area contributed by atoms with E-state index in [0.717, 1.165) is 6.42 Å². The number of nitrogens with one attached hydrogen (secondary N) is 1. The van der Waals surface area contributed by atoms with Gasteiger partial charge in [-0.05, 0) is 18.8 Å². The molecule has 2 aliphatic rings. The zero-order valence-electron chi connectivity index (χ0n) is 11.3. The van der Waals surface area contributed by atoms with Crippen LogP contribution >= 0.6 is 0 Å². The van der Waals surface area contributed by atoms with Crippen LogP contribution in [0.25, 0.3) is 0 Å². The fourth-order valence-corrected chi connectivity index (χ4v) is 3.05. The summed E-state index contributed by atoms with van der Waals surface area (Å²) in [4.78, 5) is 47.4. The van der Waals surface area contributed by atoms with Gasteiger partial charge in [0.2, 0.25) is 17.7 Å². The van der Waals surface area contributed by atoms with Crippen molar-refractivity contribution in [3.05, 3.63) is 0 Å². The first-order valence-electron chi connectivity index (χ1n) is 6.76. The smallest absolute Gasteiger partial charge is 0.307 e. The molecule has 2 rings (SSSR count). The number of aliphatic carboxylic acids is 1. The summed E-state index contributed by atoms with van der Waals surface area (Å²) in [6, 6.07) is 0. The molecule has 1 saturated heterocycles. The molecule has 3 atom stereocenters. The number of carboxylic acid groups (broad SMARTS) is 1. The van der Waals surface area contributed by atoms with Crippen molar-refractivity contribution in [1.29, 1.82) is 0 Å².